The molecule has 7 nitrogen and oxygen atoms in total. The molecule has 1 aliphatic rings. The summed E-state index contributed by atoms with van der Waals surface area (Å²) in [4.78, 5) is 18.7. The number of imidazole rings is 1. The zero-order valence-electron chi connectivity index (χ0n) is 19.1. The Labute approximate surface area is 189 Å². The number of rotatable bonds is 9. The lowest BCUT2D eigenvalue weighted by Crippen LogP contribution is -2.39. The van der Waals surface area contributed by atoms with Gasteiger partial charge < -0.3 is 14.2 Å². The van der Waals surface area contributed by atoms with Crippen molar-refractivity contribution in [1.29, 1.82) is 0 Å². The van der Waals surface area contributed by atoms with Crippen LogP contribution in [0.5, 0.6) is 0 Å². The fourth-order valence-corrected chi connectivity index (χ4v) is 5.37. The minimum absolute atomic E-state index is 0.0133. The number of ether oxygens (including phenoxy) is 1. The van der Waals surface area contributed by atoms with E-state index >= 15 is 0 Å². The zero-order chi connectivity index (χ0) is 23.5. The summed E-state index contributed by atoms with van der Waals surface area (Å²) in [6.07, 6.45) is 3.12. The predicted molar refractivity (Wildman–Crippen MR) is 119 cm³/mol. The molecule has 32 heavy (non-hydrogen) atoms. The van der Waals surface area contributed by atoms with E-state index < -0.39 is 21.4 Å². The number of sulfone groups is 1. The normalized spacial score (nSPS) is 16.8. The first-order valence-corrected chi connectivity index (χ1v) is 12.7. The molecule has 1 aromatic heterocycles. The van der Waals surface area contributed by atoms with E-state index in [1.54, 1.807) is 15.5 Å². The highest BCUT2D eigenvalue weighted by molar-refractivity contribution is 7.90. The molecule has 0 spiro atoms. The summed E-state index contributed by atoms with van der Waals surface area (Å²) in [5, 5.41) is -0.119. The molecule has 0 bridgehead atoms. The molecule has 9 heteroatoms. The summed E-state index contributed by atoms with van der Waals surface area (Å²) in [7, 11) is -3.93. The van der Waals surface area contributed by atoms with Gasteiger partial charge >= 0.3 is 0 Å². The van der Waals surface area contributed by atoms with Crippen LogP contribution in [0.4, 0.5) is 4.39 Å². The average Bonchev–Trinajstić information content (AvgIpc) is 3.37. The Morgan fingerprint density at radius 3 is 2.59 bits per heavy atom. The molecule has 1 aliphatic heterocycles. The lowest BCUT2D eigenvalue weighted by Gasteiger charge is -2.29. The molecule has 0 radical (unpaired) electrons. The van der Waals surface area contributed by atoms with Crippen molar-refractivity contribution in [2.24, 2.45) is 5.92 Å². The molecule has 1 saturated heterocycles. The second-order valence-corrected chi connectivity index (χ2v) is 10.7. The highest BCUT2D eigenvalue weighted by Crippen LogP contribution is 2.24. The maximum atomic E-state index is 14.1. The zero-order valence-corrected chi connectivity index (χ0v) is 19.9. The van der Waals surface area contributed by atoms with Crippen LogP contribution in [0.3, 0.4) is 0 Å². The molecule has 0 unspecified atom stereocenters. The third-order valence-corrected chi connectivity index (χ3v) is 7.20. The van der Waals surface area contributed by atoms with E-state index in [1.165, 1.54) is 24.4 Å². The van der Waals surface area contributed by atoms with Crippen molar-refractivity contribution in [2.45, 2.75) is 76.7 Å². The fourth-order valence-electron chi connectivity index (χ4n) is 3.86. The Morgan fingerprint density at radius 1 is 1.28 bits per heavy atom. The monoisotopic (exact) mass is 465 g/mol. The van der Waals surface area contributed by atoms with Crippen LogP contribution in [0.15, 0.2) is 35.6 Å². The summed E-state index contributed by atoms with van der Waals surface area (Å²) in [5.41, 5.74) is 0.717. The quantitative estimate of drug-likeness (QED) is 0.566. The van der Waals surface area contributed by atoms with Gasteiger partial charge in [-0.05, 0) is 32.8 Å². The number of carbonyl (C=O) groups excluding carboxylic acids is 1. The standard InChI is InChI=1S/C23H32FN3O4S/c1-16(2)22(28)26(17(3)4)13-19-12-25-23(27(19)14-20-9-7-11-31-20)32(29,30)15-18-8-5-6-10-21(18)24/h5-6,8,10,12,16-17,20H,7,9,11,13-15H2,1-4H3/t20-/m0/s1. The third kappa shape index (κ3) is 5.56. The summed E-state index contributed by atoms with van der Waals surface area (Å²) < 4.78 is 48.0. The first kappa shape index (κ1) is 24.4. The van der Waals surface area contributed by atoms with Gasteiger partial charge in [-0.2, -0.15) is 0 Å². The predicted octanol–water partition coefficient (Wildman–Crippen LogP) is 3.57. The number of hydrogen-bond donors (Lipinski definition) is 0. The highest BCUT2D eigenvalue weighted by atomic mass is 32.2. The van der Waals surface area contributed by atoms with Gasteiger partial charge in [0.2, 0.25) is 20.9 Å². The van der Waals surface area contributed by atoms with Crippen molar-refractivity contribution in [3.05, 3.63) is 47.5 Å². The van der Waals surface area contributed by atoms with Gasteiger partial charge in [0.15, 0.2) is 0 Å². The Hall–Kier alpha value is -2.26. The molecule has 2 aromatic rings. The van der Waals surface area contributed by atoms with Gasteiger partial charge in [0, 0.05) is 24.1 Å². The minimum Gasteiger partial charge on any atom is -0.376 e. The molecule has 1 fully saturated rings. The van der Waals surface area contributed by atoms with Crippen molar-refractivity contribution in [1.82, 2.24) is 14.5 Å². The van der Waals surface area contributed by atoms with E-state index in [4.69, 9.17) is 4.74 Å². The second-order valence-electron chi connectivity index (χ2n) is 8.84. The maximum Gasteiger partial charge on any atom is 0.228 e. The number of nitrogens with zero attached hydrogens (tertiary/aromatic N) is 3. The number of benzene rings is 1. The van der Waals surface area contributed by atoms with Crippen LogP contribution >= 0.6 is 0 Å². The molecule has 176 valence electrons. The van der Waals surface area contributed by atoms with E-state index in [-0.39, 0.29) is 41.2 Å². The molecule has 1 amide bonds. The summed E-state index contributed by atoms with van der Waals surface area (Å²) >= 11 is 0. The topological polar surface area (TPSA) is 81.5 Å². The molecule has 0 aliphatic carbocycles. The van der Waals surface area contributed by atoms with Crippen molar-refractivity contribution in [3.8, 4) is 0 Å². The molecule has 0 N–H and O–H groups in total. The van der Waals surface area contributed by atoms with Crippen molar-refractivity contribution in [2.75, 3.05) is 6.61 Å². The van der Waals surface area contributed by atoms with Gasteiger partial charge in [0.05, 0.1) is 36.8 Å². The SMILES string of the molecule is CC(C)C(=O)N(Cc1cnc(S(=O)(=O)Cc2ccccc2F)n1C[C@@H]1CCCO1)C(C)C. The van der Waals surface area contributed by atoms with Gasteiger partial charge in [0.25, 0.3) is 0 Å². The number of halogens is 1. The van der Waals surface area contributed by atoms with E-state index in [1.807, 2.05) is 27.7 Å². The number of amides is 1. The van der Waals surface area contributed by atoms with E-state index in [0.717, 1.165) is 12.8 Å². The molecular weight excluding hydrogens is 433 g/mol. The van der Waals surface area contributed by atoms with Gasteiger partial charge in [-0.3, -0.25) is 4.79 Å². The summed E-state index contributed by atoms with van der Waals surface area (Å²) in [5.74, 6) is -1.25. The largest absolute Gasteiger partial charge is 0.376 e. The van der Waals surface area contributed by atoms with Crippen LogP contribution in [-0.4, -0.2) is 47.5 Å². The molecule has 0 saturated carbocycles. The lowest BCUT2D eigenvalue weighted by atomic mass is 10.1. The molecular formula is C23H32FN3O4S. The molecule has 3 rings (SSSR count). The van der Waals surface area contributed by atoms with Gasteiger partial charge in [-0.15, -0.1) is 0 Å². The van der Waals surface area contributed by atoms with Crippen LogP contribution in [0.1, 0.15) is 51.8 Å². The molecule has 2 heterocycles. The van der Waals surface area contributed by atoms with Crippen LogP contribution < -0.4 is 0 Å². The first-order chi connectivity index (χ1) is 15.1. The number of hydrogen-bond acceptors (Lipinski definition) is 5. The Morgan fingerprint density at radius 2 is 2.00 bits per heavy atom. The lowest BCUT2D eigenvalue weighted by molar-refractivity contribution is -0.137. The van der Waals surface area contributed by atoms with Gasteiger partial charge in [-0.1, -0.05) is 32.0 Å². The third-order valence-electron chi connectivity index (χ3n) is 5.63. The number of carbonyl (C=O) groups is 1. The van der Waals surface area contributed by atoms with Crippen LogP contribution in [0.25, 0.3) is 0 Å². The highest BCUT2D eigenvalue weighted by Gasteiger charge is 2.29. The van der Waals surface area contributed by atoms with Gasteiger partial charge in [-0.25, -0.2) is 17.8 Å². The Balaban J connectivity index is 1.98. The van der Waals surface area contributed by atoms with Gasteiger partial charge in [0.1, 0.15) is 5.82 Å². The average molecular weight is 466 g/mol. The van der Waals surface area contributed by atoms with Crippen LogP contribution in [0.2, 0.25) is 0 Å². The van der Waals surface area contributed by atoms with E-state index in [0.29, 0.717) is 18.8 Å². The Kier molecular flexibility index (Phi) is 7.71. The van der Waals surface area contributed by atoms with E-state index in [2.05, 4.69) is 4.98 Å². The smallest absolute Gasteiger partial charge is 0.228 e. The first-order valence-electron chi connectivity index (χ1n) is 11.0. The van der Waals surface area contributed by atoms with Crippen molar-refractivity contribution in [3.63, 3.8) is 0 Å². The number of aromatic nitrogens is 2. The van der Waals surface area contributed by atoms with Crippen molar-refractivity contribution >= 4 is 15.7 Å². The fraction of sp³-hybridized carbons (Fsp3) is 0.565. The maximum absolute atomic E-state index is 14.1. The van der Waals surface area contributed by atoms with Crippen LogP contribution in [0, 0.1) is 11.7 Å². The minimum atomic E-state index is -3.93. The van der Waals surface area contributed by atoms with Crippen molar-refractivity contribution < 1.29 is 22.3 Å². The second kappa shape index (κ2) is 10.1. The molecule has 1 atom stereocenters. The summed E-state index contributed by atoms with van der Waals surface area (Å²) in [6.45, 7) is 8.73. The van der Waals surface area contributed by atoms with Crippen LogP contribution in [-0.2, 0) is 38.2 Å². The Bertz CT molecular complexity index is 1040. The summed E-state index contributed by atoms with van der Waals surface area (Å²) in [6, 6.07) is 5.77. The molecule has 1 aromatic carbocycles. The van der Waals surface area contributed by atoms with E-state index in [9.17, 15) is 17.6 Å².